The van der Waals surface area contributed by atoms with Gasteiger partial charge >= 0.3 is 0 Å². The molecule has 0 unspecified atom stereocenters. The van der Waals surface area contributed by atoms with Crippen LogP contribution >= 0.6 is 0 Å². The fraction of sp³-hybridized carbons (Fsp3) is 0.455. The van der Waals surface area contributed by atoms with E-state index in [-0.39, 0.29) is 12.4 Å². The molecule has 0 aliphatic carbocycles. The van der Waals surface area contributed by atoms with Crippen LogP contribution in [0.2, 0.25) is 0 Å². The first-order valence-corrected chi connectivity index (χ1v) is 4.82. The molecular formula is C11H16FNO. The topological polar surface area (TPSA) is 36.0 Å². The number of hydrogen-bond acceptors (Lipinski definition) is 1. The molecule has 2 N–H and O–H groups in total. The Labute approximate surface area is 83.5 Å². The fourth-order valence-corrected chi connectivity index (χ4v) is 1.45. The summed E-state index contributed by atoms with van der Waals surface area (Å²) in [7, 11) is 0. The average Bonchev–Trinajstić information content (AvgIpc) is 2.47. The Morgan fingerprint density at radius 2 is 2.36 bits per heavy atom. The van der Waals surface area contributed by atoms with Gasteiger partial charge in [0.1, 0.15) is 0 Å². The van der Waals surface area contributed by atoms with Crippen LogP contribution in [0.1, 0.15) is 30.8 Å². The quantitative estimate of drug-likeness (QED) is 0.764. The first-order valence-electron chi connectivity index (χ1n) is 4.82. The third-order valence-electron chi connectivity index (χ3n) is 2.09. The van der Waals surface area contributed by atoms with Gasteiger partial charge in [-0.3, -0.25) is 0 Å². The number of allylic oxidation sites excluding steroid dienone is 1. The van der Waals surface area contributed by atoms with Crippen molar-refractivity contribution in [2.75, 3.05) is 6.61 Å². The molecule has 1 heterocycles. The van der Waals surface area contributed by atoms with Crippen molar-refractivity contribution < 1.29 is 9.50 Å². The molecule has 0 radical (unpaired) electrons. The van der Waals surface area contributed by atoms with E-state index in [1.807, 2.05) is 13.0 Å². The van der Waals surface area contributed by atoms with Crippen molar-refractivity contribution in [2.24, 2.45) is 0 Å². The van der Waals surface area contributed by atoms with Crippen LogP contribution in [0.4, 0.5) is 4.39 Å². The molecule has 2 nitrogen and oxygen atoms in total. The van der Waals surface area contributed by atoms with Crippen LogP contribution in [0.25, 0.3) is 6.08 Å². The Balaban J connectivity index is 2.96. The van der Waals surface area contributed by atoms with E-state index in [1.165, 1.54) is 13.0 Å². The van der Waals surface area contributed by atoms with E-state index in [1.54, 1.807) is 0 Å². The summed E-state index contributed by atoms with van der Waals surface area (Å²) >= 11 is 0. The number of aromatic nitrogens is 1. The van der Waals surface area contributed by atoms with Crippen LogP contribution in [0.3, 0.4) is 0 Å². The first kappa shape index (κ1) is 11.0. The van der Waals surface area contributed by atoms with Crippen molar-refractivity contribution in [2.45, 2.75) is 26.7 Å². The van der Waals surface area contributed by atoms with E-state index >= 15 is 0 Å². The van der Waals surface area contributed by atoms with Gasteiger partial charge < -0.3 is 10.1 Å². The number of rotatable bonds is 4. The average molecular weight is 197 g/mol. The molecule has 0 aliphatic heterocycles. The first-order chi connectivity index (χ1) is 6.67. The molecule has 0 spiro atoms. The van der Waals surface area contributed by atoms with Crippen LogP contribution in [-0.4, -0.2) is 16.7 Å². The van der Waals surface area contributed by atoms with Gasteiger partial charge in [-0.1, -0.05) is 6.92 Å². The van der Waals surface area contributed by atoms with Gasteiger partial charge in [-0.2, -0.15) is 0 Å². The minimum absolute atomic E-state index is 0.113. The summed E-state index contributed by atoms with van der Waals surface area (Å²) in [6.07, 6.45) is 2.94. The molecule has 0 atom stereocenters. The lowest BCUT2D eigenvalue weighted by Gasteiger charge is -1.93. The highest BCUT2D eigenvalue weighted by atomic mass is 19.1. The largest absolute Gasteiger partial charge is 0.396 e. The number of aliphatic hydroxyl groups excluding tert-OH is 1. The van der Waals surface area contributed by atoms with Crippen molar-refractivity contribution in [1.29, 1.82) is 0 Å². The van der Waals surface area contributed by atoms with Gasteiger partial charge in [0.15, 0.2) is 0 Å². The van der Waals surface area contributed by atoms with Crippen LogP contribution in [0, 0.1) is 0 Å². The van der Waals surface area contributed by atoms with Gasteiger partial charge in [0.25, 0.3) is 0 Å². The second-order valence-corrected chi connectivity index (χ2v) is 3.29. The number of aliphatic hydroxyl groups is 1. The zero-order valence-corrected chi connectivity index (χ0v) is 8.60. The Morgan fingerprint density at radius 3 is 2.86 bits per heavy atom. The SMILES string of the molecule is CCc1cc(CCO)[nH]c1/C=C(\C)F. The molecule has 78 valence electrons. The van der Waals surface area contributed by atoms with Gasteiger partial charge in [0, 0.05) is 24.4 Å². The van der Waals surface area contributed by atoms with Crippen LogP contribution in [0.5, 0.6) is 0 Å². The molecule has 0 aromatic carbocycles. The zero-order valence-electron chi connectivity index (χ0n) is 8.60. The van der Waals surface area contributed by atoms with Crippen molar-refractivity contribution in [3.8, 4) is 0 Å². The van der Waals surface area contributed by atoms with Gasteiger partial charge in [-0.05, 0) is 31.1 Å². The molecule has 0 saturated heterocycles. The van der Waals surface area contributed by atoms with Crippen molar-refractivity contribution in [1.82, 2.24) is 4.98 Å². The van der Waals surface area contributed by atoms with Gasteiger partial charge in [-0.15, -0.1) is 0 Å². The van der Waals surface area contributed by atoms with Crippen molar-refractivity contribution in [3.05, 3.63) is 28.8 Å². The lowest BCUT2D eigenvalue weighted by atomic mass is 10.1. The minimum Gasteiger partial charge on any atom is -0.396 e. The molecule has 1 aromatic rings. The highest BCUT2D eigenvalue weighted by Gasteiger charge is 2.04. The van der Waals surface area contributed by atoms with E-state index in [2.05, 4.69) is 4.98 Å². The molecule has 1 rings (SSSR count). The molecule has 0 bridgehead atoms. The maximum atomic E-state index is 12.7. The molecule has 0 saturated carbocycles. The van der Waals surface area contributed by atoms with Crippen molar-refractivity contribution in [3.63, 3.8) is 0 Å². The number of aromatic amines is 1. The normalized spacial score (nSPS) is 12.1. The van der Waals surface area contributed by atoms with Gasteiger partial charge in [-0.25, -0.2) is 4.39 Å². The highest BCUT2D eigenvalue weighted by Crippen LogP contribution is 2.16. The van der Waals surface area contributed by atoms with Gasteiger partial charge in [0.05, 0.1) is 5.83 Å². The summed E-state index contributed by atoms with van der Waals surface area (Å²) < 4.78 is 12.7. The summed E-state index contributed by atoms with van der Waals surface area (Å²) in [5.41, 5.74) is 2.86. The summed E-state index contributed by atoms with van der Waals surface area (Å²) in [5.74, 6) is -0.211. The number of hydrogen-bond donors (Lipinski definition) is 2. The van der Waals surface area contributed by atoms with Crippen molar-refractivity contribution >= 4 is 6.08 Å². The second-order valence-electron chi connectivity index (χ2n) is 3.29. The monoisotopic (exact) mass is 197 g/mol. The Kier molecular flexibility index (Phi) is 3.89. The lowest BCUT2D eigenvalue weighted by Crippen LogP contribution is -1.89. The number of aryl methyl sites for hydroxylation is 1. The summed E-state index contributed by atoms with van der Waals surface area (Å²) in [6, 6.07) is 1.98. The van der Waals surface area contributed by atoms with Crippen LogP contribution in [-0.2, 0) is 12.8 Å². The minimum atomic E-state index is -0.211. The van der Waals surface area contributed by atoms with E-state index in [4.69, 9.17) is 5.11 Å². The van der Waals surface area contributed by atoms with E-state index in [0.29, 0.717) is 6.42 Å². The molecule has 0 fully saturated rings. The van der Waals surface area contributed by atoms with Crippen LogP contribution in [0.15, 0.2) is 11.9 Å². The predicted octanol–water partition coefficient (Wildman–Crippen LogP) is 2.44. The summed E-state index contributed by atoms with van der Waals surface area (Å²) in [4.78, 5) is 3.09. The molecule has 14 heavy (non-hydrogen) atoms. The van der Waals surface area contributed by atoms with Gasteiger partial charge in [0.2, 0.25) is 0 Å². The van der Waals surface area contributed by atoms with E-state index < -0.39 is 0 Å². The van der Waals surface area contributed by atoms with E-state index in [0.717, 1.165) is 23.4 Å². The molecule has 3 heteroatoms. The number of halogens is 1. The Morgan fingerprint density at radius 1 is 1.64 bits per heavy atom. The second kappa shape index (κ2) is 4.96. The number of nitrogens with one attached hydrogen (secondary N) is 1. The smallest absolute Gasteiger partial charge is 0.0989 e. The molecule has 0 aliphatic rings. The summed E-state index contributed by atoms with van der Waals surface area (Å²) in [6.45, 7) is 3.56. The zero-order chi connectivity index (χ0) is 10.6. The fourth-order valence-electron chi connectivity index (χ4n) is 1.45. The standard InChI is InChI=1S/C11H16FNO/c1-3-9-7-10(4-5-14)13-11(9)6-8(2)12/h6-7,13-14H,3-5H2,1-2H3/b8-6+. The summed E-state index contributed by atoms with van der Waals surface area (Å²) in [5, 5.41) is 8.76. The maximum Gasteiger partial charge on any atom is 0.0989 e. The Bertz CT molecular complexity index is 324. The van der Waals surface area contributed by atoms with E-state index in [9.17, 15) is 4.39 Å². The molecular weight excluding hydrogens is 181 g/mol. The van der Waals surface area contributed by atoms with Crippen LogP contribution < -0.4 is 0 Å². The third kappa shape index (κ3) is 2.70. The third-order valence-corrected chi connectivity index (χ3v) is 2.09. The predicted molar refractivity (Wildman–Crippen MR) is 55.7 cm³/mol. The molecule has 1 aromatic heterocycles. The Hall–Kier alpha value is -1.09. The maximum absolute atomic E-state index is 12.7. The highest BCUT2D eigenvalue weighted by molar-refractivity contribution is 5.52. The molecule has 0 amide bonds. The lowest BCUT2D eigenvalue weighted by molar-refractivity contribution is 0.298. The number of H-pyrrole nitrogens is 1.